The maximum atomic E-state index is 13.4. The van der Waals surface area contributed by atoms with E-state index in [9.17, 15) is 9.59 Å². The van der Waals surface area contributed by atoms with Gasteiger partial charge in [-0.1, -0.05) is 35.9 Å². The fraction of sp³-hybridized carbons (Fsp3) is 0.333. The molecule has 0 amide bonds. The van der Waals surface area contributed by atoms with Crippen LogP contribution in [-0.2, 0) is 19.1 Å². The molecular weight excluding hydrogens is 434 g/mol. The van der Waals surface area contributed by atoms with Crippen LogP contribution in [0.4, 0.5) is 0 Å². The van der Waals surface area contributed by atoms with Crippen molar-refractivity contribution in [2.75, 3.05) is 20.3 Å². The highest BCUT2D eigenvalue weighted by Crippen LogP contribution is 2.47. The molecule has 0 radical (unpaired) electrons. The summed E-state index contributed by atoms with van der Waals surface area (Å²) in [6, 6.07) is 11.6. The van der Waals surface area contributed by atoms with Crippen molar-refractivity contribution in [3.8, 4) is 0 Å². The molecule has 4 rings (SSSR count). The van der Waals surface area contributed by atoms with Crippen LogP contribution in [0.1, 0.15) is 42.0 Å². The molecule has 2 aliphatic rings. The number of methoxy groups -OCH3 is 1. The van der Waals surface area contributed by atoms with Gasteiger partial charge < -0.3 is 14.8 Å². The van der Waals surface area contributed by atoms with Gasteiger partial charge in [-0.3, -0.25) is 4.79 Å². The van der Waals surface area contributed by atoms with Crippen LogP contribution in [0.3, 0.4) is 0 Å². The summed E-state index contributed by atoms with van der Waals surface area (Å²) < 4.78 is 10.4. The Bertz CT molecular complexity index is 1060. The Hall–Kier alpha value is -2.41. The first-order valence-electron chi connectivity index (χ1n) is 10.2. The summed E-state index contributed by atoms with van der Waals surface area (Å²) in [7, 11) is 1.56. The molecule has 1 aliphatic carbocycles. The summed E-state index contributed by atoms with van der Waals surface area (Å²) in [6.45, 7) is 2.35. The number of allylic oxidation sites excluding steroid dienone is 3. The molecule has 1 N–H and O–H groups in total. The number of thiophene rings is 1. The SMILES string of the molecule is COCCOC(=O)C1=C(C)NC2=C(C(=O)C[C@H](c3ccccc3Cl)C2)[C@@H]1c1cccs1. The number of halogens is 1. The van der Waals surface area contributed by atoms with Crippen molar-refractivity contribution in [1.82, 2.24) is 5.32 Å². The summed E-state index contributed by atoms with van der Waals surface area (Å²) in [5, 5.41) is 5.98. The van der Waals surface area contributed by atoms with Crippen LogP contribution >= 0.6 is 22.9 Å². The van der Waals surface area contributed by atoms with Gasteiger partial charge in [-0.2, -0.15) is 0 Å². The Morgan fingerprint density at radius 3 is 2.71 bits per heavy atom. The number of ketones is 1. The Morgan fingerprint density at radius 1 is 1.19 bits per heavy atom. The average molecular weight is 458 g/mol. The molecule has 5 nitrogen and oxygen atoms in total. The minimum atomic E-state index is -0.425. The second-order valence-corrected chi connectivity index (χ2v) is 9.07. The Morgan fingerprint density at radius 2 is 2.00 bits per heavy atom. The van der Waals surface area contributed by atoms with Gasteiger partial charge >= 0.3 is 5.97 Å². The maximum Gasteiger partial charge on any atom is 0.336 e. The van der Waals surface area contributed by atoms with Crippen LogP contribution in [0.15, 0.2) is 64.3 Å². The van der Waals surface area contributed by atoms with Gasteiger partial charge in [0.2, 0.25) is 0 Å². The molecule has 2 atom stereocenters. The van der Waals surface area contributed by atoms with E-state index in [-0.39, 0.29) is 18.3 Å². The smallest absolute Gasteiger partial charge is 0.336 e. The predicted octanol–water partition coefficient (Wildman–Crippen LogP) is 4.95. The number of nitrogens with one attached hydrogen (secondary N) is 1. The van der Waals surface area contributed by atoms with Gasteiger partial charge in [0.15, 0.2) is 5.78 Å². The first-order valence-corrected chi connectivity index (χ1v) is 11.4. The molecule has 7 heteroatoms. The van der Waals surface area contributed by atoms with Gasteiger partial charge in [0, 0.05) is 40.4 Å². The molecule has 0 saturated carbocycles. The minimum Gasteiger partial charge on any atom is -0.460 e. The summed E-state index contributed by atoms with van der Waals surface area (Å²) >= 11 is 7.95. The lowest BCUT2D eigenvalue weighted by molar-refractivity contribution is -0.140. The number of hydrogen-bond donors (Lipinski definition) is 1. The van der Waals surface area contributed by atoms with Crippen LogP contribution in [0.5, 0.6) is 0 Å². The van der Waals surface area contributed by atoms with E-state index >= 15 is 0 Å². The van der Waals surface area contributed by atoms with E-state index in [2.05, 4.69) is 5.32 Å². The largest absolute Gasteiger partial charge is 0.460 e. The molecule has 2 heterocycles. The summed E-state index contributed by atoms with van der Waals surface area (Å²) in [6.07, 6.45) is 1.02. The van der Waals surface area contributed by atoms with E-state index < -0.39 is 11.9 Å². The number of rotatable bonds is 6. The lowest BCUT2D eigenvalue weighted by Crippen LogP contribution is -2.36. The monoisotopic (exact) mass is 457 g/mol. The number of benzene rings is 1. The molecule has 1 aromatic carbocycles. The minimum absolute atomic E-state index is 0.000518. The van der Waals surface area contributed by atoms with Crippen LogP contribution in [0.25, 0.3) is 0 Å². The highest BCUT2D eigenvalue weighted by atomic mass is 35.5. The molecule has 31 heavy (non-hydrogen) atoms. The fourth-order valence-corrected chi connectivity index (χ4v) is 5.50. The van der Waals surface area contributed by atoms with E-state index in [4.69, 9.17) is 21.1 Å². The fourth-order valence-electron chi connectivity index (χ4n) is 4.37. The number of dihydropyridines is 1. The third-order valence-electron chi connectivity index (χ3n) is 5.74. The van der Waals surface area contributed by atoms with Crippen LogP contribution in [-0.4, -0.2) is 32.1 Å². The third-order valence-corrected chi connectivity index (χ3v) is 7.02. The summed E-state index contributed by atoms with van der Waals surface area (Å²) in [4.78, 5) is 27.4. The number of ether oxygens (including phenoxy) is 2. The molecule has 1 aromatic heterocycles. The van der Waals surface area contributed by atoms with Gasteiger partial charge in [0.25, 0.3) is 0 Å². The van der Waals surface area contributed by atoms with E-state index in [1.807, 2.05) is 48.7 Å². The van der Waals surface area contributed by atoms with E-state index in [0.29, 0.717) is 41.3 Å². The van der Waals surface area contributed by atoms with Gasteiger partial charge in [-0.05, 0) is 42.3 Å². The molecule has 0 unspecified atom stereocenters. The predicted molar refractivity (Wildman–Crippen MR) is 121 cm³/mol. The van der Waals surface area contributed by atoms with Crippen molar-refractivity contribution in [3.63, 3.8) is 0 Å². The molecule has 0 spiro atoms. The van der Waals surface area contributed by atoms with Crippen molar-refractivity contribution in [2.45, 2.75) is 31.6 Å². The first kappa shape index (κ1) is 21.8. The molecule has 2 aromatic rings. The number of carbonyl (C=O) groups excluding carboxylic acids is 2. The number of hydrogen-bond acceptors (Lipinski definition) is 6. The molecule has 0 saturated heterocycles. The molecule has 1 aliphatic heterocycles. The van der Waals surface area contributed by atoms with E-state index in [1.165, 1.54) is 11.3 Å². The highest BCUT2D eigenvalue weighted by Gasteiger charge is 2.42. The van der Waals surface area contributed by atoms with Crippen molar-refractivity contribution in [3.05, 3.63) is 79.8 Å². The van der Waals surface area contributed by atoms with Gasteiger partial charge in [0.05, 0.1) is 18.1 Å². The second-order valence-electron chi connectivity index (χ2n) is 7.68. The zero-order valence-electron chi connectivity index (χ0n) is 17.4. The van der Waals surface area contributed by atoms with Crippen molar-refractivity contribution in [2.24, 2.45) is 0 Å². The summed E-state index contributed by atoms with van der Waals surface area (Å²) in [5.74, 6) is -0.815. The number of Topliss-reactive ketones (excluding diaryl/α,β-unsaturated/α-hetero) is 1. The standard InChI is InChI=1S/C24H24ClNO4S/c1-14-21(24(28)30-10-9-29-2)23(20-8-5-11-31-20)22-18(26-14)12-15(13-19(22)27)16-6-3-4-7-17(16)25/h3-8,11,15,23,26H,9-10,12-13H2,1-2H3/t15-,23-/m1/s1. The normalized spacial score (nSPS) is 21.1. The number of esters is 1. The Kier molecular flexibility index (Phi) is 6.60. The quantitative estimate of drug-likeness (QED) is 0.491. The number of carbonyl (C=O) groups is 2. The van der Waals surface area contributed by atoms with Crippen LogP contribution < -0.4 is 5.32 Å². The van der Waals surface area contributed by atoms with Gasteiger partial charge in [0.1, 0.15) is 6.61 Å². The van der Waals surface area contributed by atoms with Crippen LogP contribution in [0, 0.1) is 0 Å². The van der Waals surface area contributed by atoms with Gasteiger partial charge in [-0.15, -0.1) is 11.3 Å². The molecular formula is C24H24ClNO4S. The van der Waals surface area contributed by atoms with E-state index in [1.54, 1.807) is 7.11 Å². The molecule has 0 fully saturated rings. The maximum absolute atomic E-state index is 13.4. The van der Waals surface area contributed by atoms with Crippen molar-refractivity contribution < 1.29 is 19.1 Å². The molecule has 162 valence electrons. The highest BCUT2D eigenvalue weighted by molar-refractivity contribution is 7.10. The zero-order valence-corrected chi connectivity index (χ0v) is 19.0. The Balaban J connectivity index is 1.72. The summed E-state index contributed by atoms with van der Waals surface area (Å²) in [5.41, 5.74) is 3.71. The second kappa shape index (κ2) is 9.39. The third kappa shape index (κ3) is 4.33. The van der Waals surface area contributed by atoms with E-state index in [0.717, 1.165) is 16.1 Å². The molecule has 0 bridgehead atoms. The van der Waals surface area contributed by atoms with Crippen LogP contribution in [0.2, 0.25) is 5.02 Å². The average Bonchev–Trinajstić information content (AvgIpc) is 3.27. The first-order chi connectivity index (χ1) is 15.0. The zero-order chi connectivity index (χ0) is 22.0. The van der Waals surface area contributed by atoms with Gasteiger partial charge in [-0.25, -0.2) is 4.79 Å². The lowest BCUT2D eigenvalue weighted by Gasteiger charge is -2.36. The topological polar surface area (TPSA) is 64.6 Å². The lowest BCUT2D eigenvalue weighted by atomic mass is 9.73. The van der Waals surface area contributed by atoms with Crippen molar-refractivity contribution >= 4 is 34.7 Å². The van der Waals surface area contributed by atoms with Crippen molar-refractivity contribution in [1.29, 1.82) is 0 Å². The Labute approximate surface area is 190 Å².